The second-order valence-electron chi connectivity index (χ2n) is 7.36. The predicted octanol–water partition coefficient (Wildman–Crippen LogP) is 1.70. The quantitative estimate of drug-likeness (QED) is 0.723. The molecule has 2 aliphatic heterocycles. The zero-order chi connectivity index (χ0) is 20.5. The van der Waals surface area contributed by atoms with Crippen molar-refractivity contribution in [1.29, 1.82) is 0 Å². The molecular formula is C20H25N5O4. The first-order chi connectivity index (χ1) is 13.9. The highest BCUT2D eigenvalue weighted by atomic mass is 16.6. The van der Waals surface area contributed by atoms with E-state index in [4.69, 9.17) is 9.47 Å². The summed E-state index contributed by atoms with van der Waals surface area (Å²) in [6, 6.07) is 9.05. The van der Waals surface area contributed by atoms with Gasteiger partial charge < -0.3 is 20.1 Å². The molecule has 4 atom stereocenters. The number of fused-ring (bicyclic) bond motifs is 1. The number of amides is 2. The molecule has 3 heterocycles. The normalized spacial score (nSPS) is 26.0. The van der Waals surface area contributed by atoms with Crippen LogP contribution in [-0.2, 0) is 9.59 Å². The summed E-state index contributed by atoms with van der Waals surface area (Å²) in [7, 11) is 0. The molecule has 4 rings (SSSR count). The molecular weight excluding hydrogens is 374 g/mol. The van der Waals surface area contributed by atoms with Crippen LogP contribution in [0.15, 0.2) is 30.3 Å². The summed E-state index contributed by atoms with van der Waals surface area (Å²) in [5.74, 6) is 1.21. The summed E-state index contributed by atoms with van der Waals surface area (Å²) in [5, 5.41) is 13.5. The van der Waals surface area contributed by atoms with Crippen LogP contribution in [0, 0.1) is 6.92 Å². The smallest absolute Gasteiger partial charge is 0.270 e. The van der Waals surface area contributed by atoms with E-state index in [1.165, 1.54) is 0 Å². The molecule has 9 heteroatoms. The van der Waals surface area contributed by atoms with Crippen LogP contribution in [-0.4, -0.2) is 39.8 Å². The second kappa shape index (κ2) is 7.75. The lowest BCUT2D eigenvalue weighted by molar-refractivity contribution is -0.128. The standard InChI is InChI=1S/C20H25N5O4/c1-4-13-10-17(26)23-20(21-13)25-16(9-11(2)24-25)22-19(27)18-12(3)28-14-7-5-6-8-15(14)29-18/h5-9,12-13,18,20-21H,4,10H2,1-3H3,(H,22,27)(H,23,26). The van der Waals surface area contributed by atoms with E-state index in [1.807, 2.05) is 26.0 Å². The Morgan fingerprint density at radius 1 is 1.31 bits per heavy atom. The molecule has 2 amide bonds. The average molecular weight is 399 g/mol. The van der Waals surface area contributed by atoms with E-state index in [0.717, 1.165) is 6.42 Å². The maximum Gasteiger partial charge on any atom is 0.270 e. The number of rotatable bonds is 4. The minimum atomic E-state index is -0.814. The third-order valence-corrected chi connectivity index (χ3v) is 5.07. The Bertz CT molecular complexity index is 927. The van der Waals surface area contributed by atoms with E-state index in [2.05, 4.69) is 21.0 Å². The van der Waals surface area contributed by atoms with Crippen LogP contribution in [0.25, 0.3) is 0 Å². The number of hydrogen-bond donors (Lipinski definition) is 3. The van der Waals surface area contributed by atoms with Gasteiger partial charge in [0.1, 0.15) is 11.9 Å². The monoisotopic (exact) mass is 399 g/mol. The maximum absolute atomic E-state index is 13.0. The van der Waals surface area contributed by atoms with Crippen molar-refractivity contribution in [2.45, 2.75) is 58.2 Å². The largest absolute Gasteiger partial charge is 0.482 e. The van der Waals surface area contributed by atoms with Gasteiger partial charge in [0, 0.05) is 18.5 Å². The van der Waals surface area contributed by atoms with Gasteiger partial charge in [0.15, 0.2) is 17.8 Å². The van der Waals surface area contributed by atoms with E-state index < -0.39 is 18.5 Å². The van der Waals surface area contributed by atoms with Gasteiger partial charge in [0.2, 0.25) is 12.0 Å². The first-order valence-electron chi connectivity index (χ1n) is 9.79. The van der Waals surface area contributed by atoms with Crippen LogP contribution in [0.1, 0.15) is 38.7 Å². The van der Waals surface area contributed by atoms with Gasteiger partial charge in [-0.05, 0) is 32.4 Å². The summed E-state index contributed by atoms with van der Waals surface area (Å²) < 4.78 is 13.3. The van der Waals surface area contributed by atoms with Crippen molar-refractivity contribution in [3.8, 4) is 11.5 Å². The number of nitrogens with one attached hydrogen (secondary N) is 3. The molecule has 154 valence electrons. The number of nitrogens with zero attached hydrogens (tertiary/aromatic N) is 2. The summed E-state index contributed by atoms with van der Waals surface area (Å²) in [6.45, 7) is 5.63. The maximum atomic E-state index is 13.0. The van der Waals surface area contributed by atoms with Crippen molar-refractivity contribution in [3.63, 3.8) is 0 Å². The fraction of sp³-hybridized carbons (Fsp3) is 0.450. The van der Waals surface area contributed by atoms with E-state index in [-0.39, 0.29) is 17.9 Å². The first-order valence-corrected chi connectivity index (χ1v) is 9.79. The average Bonchev–Trinajstić information content (AvgIpc) is 3.06. The molecule has 1 aromatic heterocycles. The Hall–Kier alpha value is -3.07. The van der Waals surface area contributed by atoms with Crippen molar-refractivity contribution in [3.05, 3.63) is 36.0 Å². The second-order valence-corrected chi connectivity index (χ2v) is 7.36. The number of hydrogen-bond acceptors (Lipinski definition) is 6. The van der Waals surface area contributed by atoms with Crippen molar-refractivity contribution < 1.29 is 19.1 Å². The highest BCUT2D eigenvalue weighted by Crippen LogP contribution is 2.33. The van der Waals surface area contributed by atoms with Crippen LogP contribution in [0.2, 0.25) is 0 Å². The molecule has 0 saturated carbocycles. The molecule has 3 N–H and O–H groups in total. The number of ether oxygens (including phenoxy) is 2. The lowest BCUT2D eigenvalue weighted by Gasteiger charge is -2.33. The van der Waals surface area contributed by atoms with E-state index >= 15 is 0 Å². The molecule has 0 radical (unpaired) electrons. The van der Waals surface area contributed by atoms with Gasteiger partial charge in [0.25, 0.3) is 5.91 Å². The first kappa shape index (κ1) is 19.3. The summed E-state index contributed by atoms with van der Waals surface area (Å²) >= 11 is 0. The summed E-state index contributed by atoms with van der Waals surface area (Å²) in [4.78, 5) is 25.0. The number of carbonyl (C=O) groups is 2. The lowest BCUT2D eigenvalue weighted by atomic mass is 10.1. The van der Waals surface area contributed by atoms with Crippen molar-refractivity contribution in [2.75, 3.05) is 5.32 Å². The molecule has 1 aromatic carbocycles. The Balaban J connectivity index is 1.53. The fourth-order valence-corrected chi connectivity index (χ4v) is 3.56. The van der Waals surface area contributed by atoms with Crippen molar-refractivity contribution >= 4 is 17.6 Å². The minimum absolute atomic E-state index is 0.0495. The van der Waals surface area contributed by atoms with Gasteiger partial charge in [-0.1, -0.05) is 19.1 Å². The van der Waals surface area contributed by atoms with Gasteiger partial charge in [-0.3, -0.25) is 14.9 Å². The fourth-order valence-electron chi connectivity index (χ4n) is 3.56. The zero-order valence-corrected chi connectivity index (χ0v) is 16.6. The molecule has 2 aliphatic rings. The molecule has 2 aromatic rings. The number of aryl methyl sites for hydroxylation is 1. The van der Waals surface area contributed by atoms with E-state index in [1.54, 1.807) is 29.8 Å². The number of carbonyl (C=O) groups excluding carboxylic acids is 2. The molecule has 1 saturated heterocycles. The van der Waals surface area contributed by atoms with Crippen LogP contribution in [0.5, 0.6) is 11.5 Å². The minimum Gasteiger partial charge on any atom is -0.482 e. The van der Waals surface area contributed by atoms with E-state index in [9.17, 15) is 9.59 Å². The van der Waals surface area contributed by atoms with Crippen molar-refractivity contribution in [2.24, 2.45) is 0 Å². The highest BCUT2D eigenvalue weighted by molar-refractivity contribution is 5.94. The Kier molecular flexibility index (Phi) is 5.14. The number of para-hydroxylation sites is 2. The molecule has 0 spiro atoms. The summed E-state index contributed by atoms with van der Waals surface area (Å²) in [5.41, 5.74) is 0.717. The van der Waals surface area contributed by atoms with Gasteiger partial charge >= 0.3 is 0 Å². The molecule has 0 aliphatic carbocycles. The Morgan fingerprint density at radius 3 is 2.76 bits per heavy atom. The Morgan fingerprint density at radius 2 is 2.03 bits per heavy atom. The van der Waals surface area contributed by atoms with Gasteiger partial charge in [-0.25, -0.2) is 4.68 Å². The SMILES string of the molecule is CCC1CC(=O)NC(n2nc(C)cc2NC(=O)C2Oc3ccccc3OC2C)N1. The number of anilines is 1. The topological polar surface area (TPSA) is 107 Å². The highest BCUT2D eigenvalue weighted by Gasteiger charge is 2.35. The molecule has 0 bridgehead atoms. The van der Waals surface area contributed by atoms with Crippen LogP contribution < -0.4 is 25.4 Å². The van der Waals surface area contributed by atoms with Crippen LogP contribution in [0.4, 0.5) is 5.82 Å². The number of aromatic nitrogens is 2. The molecule has 1 fully saturated rings. The third-order valence-electron chi connectivity index (χ3n) is 5.07. The molecule has 29 heavy (non-hydrogen) atoms. The zero-order valence-electron chi connectivity index (χ0n) is 16.6. The van der Waals surface area contributed by atoms with Crippen LogP contribution in [0.3, 0.4) is 0 Å². The predicted molar refractivity (Wildman–Crippen MR) is 106 cm³/mol. The number of benzene rings is 1. The Labute approximate surface area is 168 Å². The van der Waals surface area contributed by atoms with Crippen LogP contribution >= 0.6 is 0 Å². The van der Waals surface area contributed by atoms with Crippen molar-refractivity contribution in [1.82, 2.24) is 20.4 Å². The van der Waals surface area contributed by atoms with Gasteiger partial charge in [-0.2, -0.15) is 5.10 Å². The molecule has 4 unspecified atom stereocenters. The summed E-state index contributed by atoms with van der Waals surface area (Å²) in [6.07, 6.45) is -0.577. The molecule has 9 nitrogen and oxygen atoms in total. The van der Waals surface area contributed by atoms with Gasteiger partial charge in [0.05, 0.1) is 5.69 Å². The third kappa shape index (κ3) is 3.91. The van der Waals surface area contributed by atoms with E-state index in [0.29, 0.717) is 29.4 Å². The lowest BCUT2D eigenvalue weighted by Crippen LogP contribution is -2.53. The van der Waals surface area contributed by atoms with Gasteiger partial charge in [-0.15, -0.1) is 0 Å².